The van der Waals surface area contributed by atoms with E-state index in [1.54, 1.807) is 0 Å². The maximum Gasteiger partial charge on any atom is 0.223 e. The van der Waals surface area contributed by atoms with Gasteiger partial charge in [0.2, 0.25) is 5.91 Å². The Hall–Kier alpha value is -2.66. The Morgan fingerprint density at radius 1 is 1.13 bits per heavy atom. The second kappa shape index (κ2) is 9.00. The van der Waals surface area contributed by atoms with E-state index in [9.17, 15) is 4.79 Å². The summed E-state index contributed by atoms with van der Waals surface area (Å²) in [6.07, 6.45) is 2.41. The largest absolute Gasteiger partial charge is 0.332 e. The van der Waals surface area contributed by atoms with Crippen molar-refractivity contribution < 1.29 is 4.79 Å². The number of hydrogen-bond donors (Lipinski definition) is 0. The predicted octanol–water partition coefficient (Wildman–Crippen LogP) is 5.15. The third-order valence-electron chi connectivity index (χ3n) is 5.94. The molecule has 0 radical (unpaired) electrons. The average molecular weight is 423 g/mol. The minimum atomic E-state index is -0.0195. The zero-order valence-electron chi connectivity index (χ0n) is 17.5. The lowest BCUT2D eigenvalue weighted by atomic mass is 9.97. The van der Waals surface area contributed by atoms with Crippen LogP contribution in [0.4, 0.5) is 0 Å². The Bertz CT molecular complexity index is 1000. The van der Waals surface area contributed by atoms with E-state index >= 15 is 0 Å². The summed E-state index contributed by atoms with van der Waals surface area (Å²) in [6.45, 7) is 5.53. The van der Waals surface area contributed by atoms with Crippen LogP contribution in [-0.4, -0.2) is 32.1 Å². The van der Waals surface area contributed by atoms with Gasteiger partial charge in [0.1, 0.15) is 5.82 Å². The van der Waals surface area contributed by atoms with Gasteiger partial charge >= 0.3 is 0 Å². The van der Waals surface area contributed by atoms with E-state index in [4.69, 9.17) is 11.6 Å². The average Bonchev–Trinajstić information content (AvgIpc) is 3.37. The van der Waals surface area contributed by atoms with Crippen molar-refractivity contribution in [3.8, 4) is 0 Å². The van der Waals surface area contributed by atoms with Crippen molar-refractivity contribution in [1.82, 2.24) is 19.7 Å². The molecule has 0 spiro atoms. The highest BCUT2D eigenvalue weighted by Crippen LogP contribution is 2.33. The summed E-state index contributed by atoms with van der Waals surface area (Å²) in [4.78, 5) is 15.2. The lowest BCUT2D eigenvalue weighted by molar-refractivity contribution is -0.132. The SMILES string of the molecule is Cc1nnc([C@H]2CCCN2C(=O)C[C@@H](C)c2ccccc2)n1Cc1ccc(Cl)cc1. The Morgan fingerprint density at radius 3 is 2.60 bits per heavy atom. The first-order valence-corrected chi connectivity index (χ1v) is 10.9. The van der Waals surface area contributed by atoms with Gasteiger partial charge in [-0.1, -0.05) is 61.0 Å². The molecule has 1 aliphatic heterocycles. The second-order valence-corrected chi connectivity index (χ2v) is 8.52. The number of carbonyl (C=O) groups excluding carboxylic acids is 1. The number of likely N-dealkylation sites (tertiary alicyclic amines) is 1. The number of rotatable bonds is 6. The van der Waals surface area contributed by atoms with Crippen molar-refractivity contribution in [1.29, 1.82) is 0 Å². The molecule has 1 aliphatic rings. The molecule has 3 aromatic rings. The number of carbonyl (C=O) groups is 1. The molecule has 0 N–H and O–H groups in total. The standard InChI is InChI=1S/C24H27ClN4O/c1-17(20-7-4-3-5-8-20)15-23(30)28-14-6-9-22(28)24-27-26-18(2)29(24)16-19-10-12-21(25)13-11-19/h3-5,7-8,10-13,17,22H,6,9,14-16H2,1-2H3/t17-,22-/m1/s1. The quantitative estimate of drug-likeness (QED) is 0.552. The smallest absolute Gasteiger partial charge is 0.223 e. The minimum Gasteiger partial charge on any atom is -0.332 e. The fraction of sp³-hybridized carbons (Fsp3) is 0.375. The fourth-order valence-electron chi connectivity index (χ4n) is 4.22. The molecule has 5 nitrogen and oxygen atoms in total. The fourth-order valence-corrected chi connectivity index (χ4v) is 4.35. The van der Waals surface area contributed by atoms with E-state index in [1.807, 2.05) is 54.3 Å². The normalized spacial score (nSPS) is 17.3. The Kier molecular flexibility index (Phi) is 6.18. The highest BCUT2D eigenvalue weighted by atomic mass is 35.5. The van der Waals surface area contributed by atoms with Crippen LogP contribution in [0, 0.1) is 6.92 Å². The first-order valence-electron chi connectivity index (χ1n) is 10.5. The van der Waals surface area contributed by atoms with Crippen molar-refractivity contribution in [3.05, 3.63) is 82.4 Å². The van der Waals surface area contributed by atoms with E-state index < -0.39 is 0 Å². The summed E-state index contributed by atoms with van der Waals surface area (Å²) in [5, 5.41) is 9.52. The van der Waals surface area contributed by atoms with E-state index in [2.05, 4.69) is 33.8 Å². The molecule has 2 aromatic carbocycles. The molecular formula is C24H27ClN4O. The van der Waals surface area contributed by atoms with E-state index in [1.165, 1.54) is 5.56 Å². The van der Waals surface area contributed by atoms with E-state index in [0.717, 1.165) is 41.6 Å². The third kappa shape index (κ3) is 4.41. The third-order valence-corrected chi connectivity index (χ3v) is 6.19. The molecule has 0 bridgehead atoms. The molecule has 1 aromatic heterocycles. The van der Waals surface area contributed by atoms with Crippen LogP contribution < -0.4 is 0 Å². The van der Waals surface area contributed by atoms with Gasteiger partial charge in [0.05, 0.1) is 12.6 Å². The summed E-state index contributed by atoms with van der Waals surface area (Å²) in [5.41, 5.74) is 2.33. The maximum atomic E-state index is 13.2. The predicted molar refractivity (Wildman–Crippen MR) is 118 cm³/mol. The van der Waals surface area contributed by atoms with E-state index in [0.29, 0.717) is 13.0 Å². The summed E-state index contributed by atoms with van der Waals surface area (Å²) < 4.78 is 2.13. The van der Waals surface area contributed by atoms with Gasteiger partial charge in [-0.25, -0.2) is 0 Å². The van der Waals surface area contributed by atoms with Crippen molar-refractivity contribution in [3.63, 3.8) is 0 Å². The van der Waals surface area contributed by atoms with Crippen LogP contribution in [0.1, 0.15) is 60.9 Å². The van der Waals surface area contributed by atoms with Crippen LogP contribution in [0.5, 0.6) is 0 Å². The number of amides is 1. The molecule has 4 rings (SSSR count). The van der Waals surface area contributed by atoms with Gasteiger partial charge in [0, 0.05) is 18.0 Å². The molecule has 1 saturated heterocycles. The van der Waals surface area contributed by atoms with Gasteiger partial charge in [0.25, 0.3) is 0 Å². The Labute approximate surface area is 182 Å². The highest BCUT2D eigenvalue weighted by Gasteiger charge is 2.34. The lowest BCUT2D eigenvalue weighted by Crippen LogP contribution is -2.33. The minimum absolute atomic E-state index is 0.0195. The highest BCUT2D eigenvalue weighted by molar-refractivity contribution is 6.30. The van der Waals surface area contributed by atoms with Gasteiger partial charge in [-0.3, -0.25) is 4.79 Å². The maximum absolute atomic E-state index is 13.2. The number of nitrogens with zero attached hydrogens (tertiary/aromatic N) is 4. The number of halogens is 1. The Morgan fingerprint density at radius 2 is 1.87 bits per heavy atom. The number of hydrogen-bond acceptors (Lipinski definition) is 3. The first-order chi connectivity index (χ1) is 14.5. The zero-order chi connectivity index (χ0) is 21.1. The van der Waals surface area contributed by atoms with Crippen molar-refractivity contribution in [2.45, 2.75) is 51.6 Å². The van der Waals surface area contributed by atoms with Crippen molar-refractivity contribution in [2.75, 3.05) is 6.54 Å². The van der Waals surface area contributed by atoms with Gasteiger partial charge in [0.15, 0.2) is 5.82 Å². The van der Waals surface area contributed by atoms with E-state index in [-0.39, 0.29) is 17.9 Å². The summed E-state index contributed by atoms with van der Waals surface area (Å²) in [5.74, 6) is 2.11. The molecule has 30 heavy (non-hydrogen) atoms. The molecule has 1 amide bonds. The zero-order valence-corrected chi connectivity index (χ0v) is 18.2. The summed E-state index contributed by atoms with van der Waals surface area (Å²) >= 11 is 6.02. The molecule has 156 valence electrons. The van der Waals surface area contributed by atoms with Gasteiger partial charge in [-0.15, -0.1) is 10.2 Å². The second-order valence-electron chi connectivity index (χ2n) is 8.08. The molecule has 2 heterocycles. The van der Waals surface area contributed by atoms with Crippen molar-refractivity contribution >= 4 is 17.5 Å². The molecule has 1 fully saturated rings. The molecule has 0 unspecified atom stereocenters. The van der Waals surface area contributed by atoms with Gasteiger partial charge < -0.3 is 9.47 Å². The van der Waals surface area contributed by atoms with Crippen LogP contribution in [0.3, 0.4) is 0 Å². The van der Waals surface area contributed by atoms with Crippen molar-refractivity contribution in [2.24, 2.45) is 0 Å². The van der Waals surface area contributed by atoms with Crippen LogP contribution in [0.15, 0.2) is 54.6 Å². The Balaban J connectivity index is 1.52. The summed E-state index contributed by atoms with van der Waals surface area (Å²) in [7, 11) is 0. The molecule has 6 heteroatoms. The molecule has 0 aliphatic carbocycles. The molecule has 2 atom stereocenters. The lowest BCUT2D eigenvalue weighted by Gasteiger charge is -2.26. The molecular weight excluding hydrogens is 396 g/mol. The van der Waals surface area contributed by atoms with Crippen LogP contribution in [0.25, 0.3) is 0 Å². The first kappa shape index (κ1) is 20.6. The van der Waals surface area contributed by atoms with Crippen LogP contribution in [-0.2, 0) is 11.3 Å². The van der Waals surface area contributed by atoms with Crippen LogP contribution in [0.2, 0.25) is 5.02 Å². The van der Waals surface area contributed by atoms with Gasteiger partial charge in [-0.05, 0) is 48.9 Å². The van der Waals surface area contributed by atoms with Gasteiger partial charge in [-0.2, -0.15) is 0 Å². The monoisotopic (exact) mass is 422 g/mol. The molecule has 0 saturated carbocycles. The topological polar surface area (TPSA) is 51.0 Å². The number of aryl methyl sites for hydroxylation is 1. The number of benzene rings is 2. The number of aromatic nitrogens is 3. The van der Waals surface area contributed by atoms with Crippen LogP contribution >= 0.6 is 11.6 Å². The summed E-state index contributed by atoms with van der Waals surface area (Å²) in [6, 6.07) is 18.0.